The van der Waals surface area contributed by atoms with Crippen molar-refractivity contribution in [1.82, 2.24) is 10.3 Å². The first-order valence-corrected chi connectivity index (χ1v) is 7.51. The van der Waals surface area contributed by atoms with Gasteiger partial charge >= 0.3 is 0 Å². The van der Waals surface area contributed by atoms with Crippen molar-refractivity contribution in [3.63, 3.8) is 0 Å². The van der Waals surface area contributed by atoms with Crippen LogP contribution in [0.3, 0.4) is 0 Å². The lowest BCUT2D eigenvalue weighted by Gasteiger charge is -2.17. The van der Waals surface area contributed by atoms with Crippen molar-refractivity contribution in [2.24, 2.45) is 0 Å². The molecular weight excluding hydrogens is 334 g/mol. The Morgan fingerprint density at radius 2 is 2.00 bits per heavy atom. The Balaban J connectivity index is 1.99. The van der Waals surface area contributed by atoms with Crippen LogP contribution >= 0.6 is 28.1 Å². The molecule has 0 radical (unpaired) electrons. The number of nitrogens with zero attached hydrogens (tertiary/aromatic N) is 1. The second-order valence-corrected chi connectivity index (χ2v) is 5.84. The number of anilines is 1. The molecule has 1 aromatic carbocycles. The SMILES string of the molecule is Cc1cnc(NC(=S)N[C@H](C)c2ccccc2)c(Br)c1. The summed E-state index contributed by atoms with van der Waals surface area (Å²) in [5.74, 6) is 0.716. The van der Waals surface area contributed by atoms with Gasteiger partial charge in [0.05, 0.1) is 10.5 Å². The van der Waals surface area contributed by atoms with Gasteiger partial charge in [-0.05, 0) is 59.2 Å². The fourth-order valence-electron chi connectivity index (χ4n) is 1.79. The molecule has 3 nitrogen and oxygen atoms in total. The van der Waals surface area contributed by atoms with Crippen molar-refractivity contribution in [2.75, 3.05) is 5.32 Å². The lowest BCUT2D eigenvalue weighted by Crippen LogP contribution is -2.31. The highest BCUT2D eigenvalue weighted by atomic mass is 79.9. The van der Waals surface area contributed by atoms with Crippen molar-refractivity contribution < 1.29 is 0 Å². The largest absolute Gasteiger partial charge is 0.356 e. The van der Waals surface area contributed by atoms with Crippen molar-refractivity contribution in [3.05, 3.63) is 58.2 Å². The molecule has 0 spiro atoms. The van der Waals surface area contributed by atoms with Crippen LogP contribution in [0.2, 0.25) is 0 Å². The summed E-state index contributed by atoms with van der Waals surface area (Å²) in [5.41, 5.74) is 2.28. The van der Waals surface area contributed by atoms with E-state index in [4.69, 9.17) is 12.2 Å². The normalized spacial score (nSPS) is 11.8. The molecule has 0 aliphatic rings. The summed E-state index contributed by atoms with van der Waals surface area (Å²) in [5, 5.41) is 6.90. The quantitative estimate of drug-likeness (QED) is 0.814. The zero-order valence-corrected chi connectivity index (χ0v) is 13.8. The minimum Gasteiger partial charge on any atom is -0.356 e. The Morgan fingerprint density at radius 1 is 1.30 bits per heavy atom. The van der Waals surface area contributed by atoms with Gasteiger partial charge in [0.15, 0.2) is 5.11 Å². The summed E-state index contributed by atoms with van der Waals surface area (Å²) in [6.45, 7) is 4.07. The van der Waals surface area contributed by atoms with Crippen LogP contribution in [0.25, 0.3) is 0 Å². The molecule has 5 heteroatoms. The van der Waals surface area contributed by atoms with Crippen LogP contribution in [-0.2, 0) is 0 Å². The Bertz CT molecular complexity index is 601. The topological polar surface area (TPSA) is 37.0 Å². The van der Waals surface area contributed by atoms with Crippen LogP contribution in [-0.4, -0.2) is 10.1 Å². The Morgan fingerprint density at radius 3 is 2.65 bits per heavy atom. The van der Waals surface area contributed by atoms with Crippen LogP contribution in [0.1, 0.15) is 24.1 Å². The smallest absolute Gasteiger partial charge is 0.172 e. The zero-order chi connectivity index (χ0) is 14.5. The molecule has 20 heavy (non-hydrogen) atoms. The third-order valence-electron chi connectivity index (χ3n) is 2.86. The Hall–Kier alpha value is -1.46. The molecule has 1 heterocycles. The molecule has 104 valence electrons. The van der Waals surface area contributed by atoms with E-state index < -0.39 is 0 Å². The number of halogens is 1. The van der Waals surface area contributed by atoms with Gasteiger partial charge in [0.25, 0.3) is 0 Å². The van der Waals surface area contributed by atoms with E-state index in [0.29, 0.717) is 10.9 Å². The summed E-state index contributed by atoms with van der Waals surface area (Å²) >= 11 is 8.80. The zero-order valence-electron chi connectivity index (χ0n) is 11.4. The summed E-state index contributed by atoms with van der Waals surface area (Å²) in [6, 6.07) is 12.3. The molecular formula is C15H16BrN3S. The van der Waals surface area contributed by atoms with Crippen molar-refractivity contribution in [2.45, 2.75) is 19.9 Å². The maximum absolute atomic E-state index is 5.32. The van der Waals surface area contributed by atoms with E-state index in [2.05, 4.69) is 50.6 Å². The van der Waals surface area contributed by atoms with Gasteiger partial charge in [0.2, 0.25) is 0 Å². The molecule has 1 atom stereocenters. The maximum Gasteiger partial charge on any atom is 0.172 e. The van der Waals surface area contributed by atoms with Gasteiger partial charge in [-0.2, -0.15) is 0 Å². The van der Waals surface area contributed by atoms with E-state index in [0.717, 1.165) is 10.0 Å². The molecule has 0 unspecified atom stereocenters. The van der Waals surface area contributed by atoms with Crippen LogP contribution in [0.15, 0.2) is 47.1 Å². The van der Waals surface area contributed by atoms with Gasteiger partial charge in [0.1, 0.15) is 5.82 Å². The summed E-state index contributed by atoms with van der Waals surface area (Å²) in [7, 11) is 0. The average Bonchev–Trinajstić information content (AvgIpc) is 2.43. The lowest BCUT2D eigenvalue weighted by molar-refractivity contribution is 0.722. The van der Waals surface area contributed by atoms with Crippen LogP contribution in [0.4, 0.5) is 5.82 Å². The first-order valence-electron chi connectivity index (χ1n) is 6.31. The second-order valence-electron chi connectivity index (χ2n) is 4.57. The number of hydrogen-bond donors (Lipinski definition) is 2. The highest BCUT2D eigenvalue weighted by molar-refractivity contribution is 9.10. The lowest BCUT2D eigenvalue weighted by atomic mass is 10.1. The van der Waals surface area contributed by atoms with Gasteiger partial charge < -0.3 is 10.6 Å². The fourth-order valence-corrected chi connectivity index (χ4v) is 2.63. The molecule has 0 fully saturated rings. The predicted molar refractivity (Wildman–Crippen MR) is 90.9 cm³/mol. The van der Waals surface area contributed by atoms with Crippen LogP contribution < -0.4 is 10.6 Å². The number of aryl methyl sites for hydroxylation is 1. The number of benzene rings is 1. The molecule has 0 aliphatic heterocycles. The number of rotatable bonds is 3. The average molecular weight is 350 g/mol. The number of aromatic nitrogens is 1. The minimum absolute atomic E-state index is 0.139. The number of pyridine rings is 1. The maximum atomic E-state index is 5.32. The van der Waals surface area contributed by atoms with E-state index in [-0.39, 0.29) is 6.04 Å². The van der Waals surface area contributed by atoms with Gasteiger partial charge in [-0.25, -0.2) is 4.98 Å². The van der Waals surface area contributed by atoms with Gasteiger partial charge in [-0.3, -0.25) is 0 Å². The molecule has 0 amide bonds. The van der Waals surface area contributed by atoms with Gasteiger partial charge in [-0.15, -0.1) is 0 Å². The number of hydrogen-bond acceptors (Lipinski definition) is 2. The monoisotopic (exact) mass is 349 g/mol. The van der Waals surface area contributed by atoms with E-state index in [1.807, 2.05) is 31.2 Å². The minimum atomic E-state index is 0.139. The molecule has 1 aromatic heterocycles. The third-order valence-corrected chi connectivity index (χ3v) is 3.68. The number of nitrogens with one attached hydrogen (secondary N) is 2. The summed E-state index contributed by atoms with van der Waals surface area (Å²) in [4.78, 5) is 4.31. The second kappa shape index (κ2) is 6.81. The Kier molecular flexibility index (Phi) is 5.09. The van der Waals surface area contributed by atoms with Crippen molar-refractivity contribution >= 4 is 39.1 Å². The van der Waals surface area contributed by atoms with E-state index in [1.54, 1.807) is 6.20 Å². The first kappa shape index (κ1) is 14.9. The summed E-state index contributed by atoms with van der Waals surface area (Å²) in [6.07, 6.45) is 1.80. The molecule has 2 N–H and O–H groups in total. The van der Waals surface area contributed by atoms with Crippen molar-refractivity contribution in [3.8, 4) is 0 Å². The van der Waals surface area contributed by atoms with Gasteiger partial charge in [0, 0.05) is 6.20 Å². The van der Waals surface area contributed by atoms with Crippen molar-refractivity contribution in [1.29, 1.82) is 0 Å². The fraction of sp³-hybridized carbons (Fsp3) is 0.200. The molecule has 0 bridgehead atoms. The first-order chi connectivity index (χ1) is 9.56. The standard InChI is InChI=1S/C15H16BrN3S/c1-10-8-13(16)14(17-9-10)19-15(20)18-11(2)12-6-4-3-5-7-12/h3-9,11H,1-2H3,(H2,17,18,19,20)/t11-/m1/s1. The molecule has 2 aromatic rings. The molecule has 0 saturated heterocycles. The van der Waals surface area contributed by atoms with Crippen LogP contribution in [0, 0.1) is 6.92 Å². The predicted octanol–water partition coefficient (Wildman–Crippen LogP) is 4.20. The number of thiocarbonyl (C=S) groups is 1. The highest BCUT2D eigenvalue weighted by Crippen LogP contribution is 2.20. The van der Waals surface area contributed by atoms with Gasteiger partial charge in [-0.1, -0.05) is 30.3 Å². The van der Waals surface area contributed by atoms with E-state index in [9.17, 15) is 0 Å². The molecule has 0 saturated carbocycles. The third kappa shape index (κ3) is 4.02. The molecule has 2 rings (SSSR count). The van der Waals surface area contributed by atoms with Crippen LogP contribution in [0.5, 0.6) is 0 Å². The molecule has 0 aliphatic carbocycles. The highest BCUT2D eigenvalue weighted by Gasteiger charge is 2.08. The van der Waals surface area contributed by atoms with E-state index >= 15 is 0 Å². The van der Waals surface area contributed by atoms with E-state index in [1.165, 1.54) is 5.56 Å². The Labute approximate surface area is 132 Å². The summed E-state index contributed by atoms with van der Waals surface area (Å²) < 4.78 is 0.897.